The molecule has 2 aromatic rings. The highest BCUT2D eigenvalue weighted by atomic mass is 35.5. The summed E-state index contributed by atoms with van der Waals surface area (Å²) in [5.41, 5.74) is 0.0111. The van der Waals surface area contributed by atoms with Crippen LogP contribution in [0.3, 0.4) is 0 Å². The van der Waals surface area contributed by atoms with Crippen molar-refractivity contribution in [2.45, 2.75) is 26.3 Å². The molecule has 1 heterocycles. The smallest absolute Gasteiger partial charge is 0.331 e. The van der Waals surface area contributed by atoms with Crippen molar-refractivity contribution >= 4 is 29.2 Å². The zero-order chi connectivity index (χ0) is 17.9. The van der Waals surface area contributed by atoms with Crippen molar-refractivity contribution in [1.29, 1.82) is 0 Å². The largest absolute Gasteiger partial charge is 0.483 e. The number of hydrogen-bond donors (Lipinski definition) is 2. The average molecular weight is 352 g/mol. The number of nitrogens with zero attached hydrogens (tertiary/aromatic N) is 2. The van der Waals surface area contributed by atoms with Crippen LogP contribution in [0.5, 0.6) is 5.75 Å². The number of halogens is 1. The lowest BCUT2D eigenvalue weighted by molar-refractivity contribution is -0.146. The number of carboxylic acids is 1. The van der Waals surface area contributed by atoms with Crippen molar-refractivity contribution in [2.24, 2.45) is 0 Å². The predicted octanol–water partition coefficient (Wildman–Crippen LogP) is 2.68. The Morgan fingerprint density at radius 3 is 2.75 bits per heavy atom. The van der Waals surface area contributed by atoms with Gasteiger partial charge >= 0.3 is 5.97 Å². The first kappa shape index (κ1) is 17.8. The van der Waals surface area contributed by atoms with Gasteiger partial charge in [-0.25, -0.2) is 4.79 Å². The molecule has 2 rings (SSSR count). The molecule has 1 amide bonds. The number of hydrogen-bond acceptors (Lipinski definition) is 4. The lowest BCUT2D eigenvalue weighted by atomic mass is 10.1. The number of carbonyl (C=O) groups is 2. The molecule has 0 bridgehead atoms. The maximum atomic E-state index is 11.9. The minimum absolute atomic E-state index is 0.185. The average Bonchev–Trinajstić information content (AvgIpc) is 2.95. The van der Waals surface area contributed by atoms with Gasteiger partial charge in [-0.3, -0.25) is 9.48 Å². The van der Waals surface area contributed by atoms with E-state index in [1.807, 2.05) is 6.92 Å². The maximum absolute atomic E-state index is 11.9. The summed E-state index contributed by atoms with van der Waals surface area (Å²) < 4.78 is 6.72. The molecule has 2 N–H and O–H groups in total. The molecule has 0 saturated heterocycles. The minimum atomic E-state index is -1.21. The summed E-state index contributed by atoms with van der Waals surface area (Å²) in [7, 11) is 0. The molecule has 0 aliphatic heterocycles. The quantitative estimate of drug-likeness (QED) is 0.834. The number of rotatable bonds is 6. The molecule has 7 nitrogen and oxygen atoms in total. The van der Waals surface area contributed by atoms with E-state index in [-0.39, 0.29) is 12.5 Å². The van der Waals surface area contributed by atoms with Crippen LogP contribution in [0.25, 0.3) is 0 Å². The highest BCUT2D eigenvalue weighted by molar-refractivity contribution is 6.30. The summed E-state index contributed by atoms with van der Waals surface area (Å²) in [4.78, 5) is 23.1. The summed E-state index contributed by atoms with van der Waals surface area (Å²) in [5, 5.41) is 16.3. The molecular weight excluding hydrogens is 334 g/mol. The first-order chi connectivity index (χ1) is 11.2. The van der Waals surface area contributed by atoms with Gasteiger partial charge in [0.1, 0.15) is 5.75 Å². The van der Waals surface area contributed by atoms with E-state index >= 15 is 0 Å². The van der Waals surface area contributed by atoms with Crippen LogP contribution in [-0.4, -0.2) is 33.4 Å². The van der Waals surface area contributed by atoms with E-state index in [9.17, 15) is 9.59 Å². The van der Waals surface area contributed by atoms with Crippen LogP contribution in [-0.2, 0) is 15.1 Å². The molecule has 8 heteroatoms. The molecule has 0 unspecified atom stereocenters. The van der Waals surface area contributed by atoms with Crippen LogP contribution in [0.2, 0.25) is 5.02 Å². The van der Waals surface area contributed by atoms with Gasteiger partial charge in [0, 0.05) is 11.2 Å². The van der Waals surface area contributed by atoms with Gasteiger partial charge in [-0.15, -0.1) is 0 Å². The van der Waals surface area contributed by atoms with Crippen LogP contribution < -0.4 is 10.1 Å². The molecule has 24 heavy (non-hydrogen) atoms. The van der Waals surface area contributed by atoms with Crippen LogP contribution in [0.1, 0.15) is 19.4 Å². The summed E-state index contributed by atoms with van der Waals surface area (Å²) in [5.74, 6) is -0.834. The normalized spacial score (nSPS) is 11.2. The fraction of sp³-hybridized carbons (Fsp3) is 0.312. The maximum Gasteiger partial charge on any atom is 0.331 e. The monoisotopic (exact) mass is 351 g/mol. The molecule has 0 spiro atoms. The van der Waals surface area contributed by atoms with E-state index in [1.54, 1.807) is 18.2 Å². The standard InChI is InChI=1S/C16H18ClN3O4/c1-10-6-11(17)4-5-13(10)24-9-14(21)19-12-7-18-20(8-12)16(2,3)15(22)23/h4-8H,9H2,1-3H3,(H,19,21)(H,22,23). The van der Waals surface area contributed by atoms with Gasteiger partial charge in [-0.2, -0.15) is 5.10 Å². The number of carboxylic acid groups (broad SMARTS) is 1. The van der Waals surface area contributed by atoms with Crippen molar-refractivity contribution in [3.05, 3.63) is 41.2 Å². The Bertz CT molecular complexity index is 770. The Balaban J connectivity index is 1.96. The Labute approximate surface area is 144 Å². The first-order valence-electron chi connectivity index (χ1n) is 7.17. The molecule has 128 valence electrons. The fourth-order valence-corrected chi connectivity index (χ4v) is 2.13. The molecule has 0 saturated carbocycles. The van der Waals surface area contributed by atoms with Gasteiger partial charge in [-0.05, 0) is 44.5 Å². The third kappa shape index (κ3) is 4.05. The van der Waals surface area contributed by atoms with Crippen molar-refractivity contribution in [3.63, 3.8) is 0 Å². The van der Waals surface area contributed by atoms with Crippen molar-refractivity contribution in [1.82, 2.24) is 9.78 Å². The van der Waals surface area contributed by atoms with Crippen LogP contribution in [0.15, 0.2) is 30.6 Å². The van der Waals surface area contributed by atoms with Gasteiger partial charge in [0.15, 0.2) is 12.1 Å². The number of benzene rings is 1. The number of nitrogens with one attached hydrogen (secondary N) is 1. The van der Waals surface area contributed by atoms with Gasteiger partial charge in [0.05, 0.1) is 11.9 Å². The van der Waals surface area contributed by atoms with Gasteiger partial charge in [0.2, 0.25) is 0 Å². The lowest BCUT2D eigenvalue weighted by Gasteiger charge is -2.19. The zero-order valence-corrected chi connectivity index (χ0v) is 14.3. The number of aryl methyl sites for hydroxylation is 1. The molecule has 0 aliphatic rings. The van der Waals surface area contributed by atoms with E-state index < -0.39 is 11.5 Å². The molecule has 1 aromatic carbocycles. The summed E-state index contributed by atoms with van der Waals surface area (Å²) in [6.45, 7) is 4.67. The lowest BCUT2D eigenvalue weighted by Crippen LogP contribution is -2.35. The second kappa shape index (κ2) is 6.92. The van der Waals surface area contributed by atoms with E-state index in [4.69, 9.17) is 21.4 Å². The van der Waals surface area contributed by atoms with Gasteiger partial charge < -0.3 is 15.2 Å². The van der Waals surface area contributed by atoms with Gasteiger partial charge in [0.25, 0.3) is 5.91 Å². The SMILES string of the molecule is Cc1cc(Cl)ccc1OCC(=O)Nc1cnn(C(C)(C)C(=O)O)c1. The van der Waals surface area contributed by atoms with Gasteiger partial charge in [-0.1, -0.05) is 11.6 Å². The summed E-state index contributed by atoms with van der Waals surface area (Å²) in [6, 6.07) is 5.12. The molecule has 0 aliphatic carbocycles. The number of amides is 1. The van der Waals surface area contributed by atoms with Crippen LogP contribution in [0.4, 0.5) is 5.69 Å². The van der Waals surface area contributed by atoms with Crippen LogP contribution >= 0.6 is 11.6 Å². The number of ether oxygens (including phenoxy) is 1. The Morgan fingerprint density at radius 2 is 2.12 bits per heavy atom. The molecule has 1 aromatic heterocycles. The number of aromatic nitrogens is 2. The fourth-order valence-electron chi connectivity index (χ4n) is 1.91. The Hall–Kier alpha value is -2.54. The third-order valence-corrected chi connectivity index (χ3v) is 3.69. The summed E-state index contributed by atoms with van der Waals surface area (Å²) in [6.07, 6.45) is 2.84. The number of aliphatic carboxylic acids is 1. The van der Waals surface area contributed by atoms with Crippen molar-refractivity contribution in [2.75, 3.05) is 11.9 Å². The predicted molar refractivity (Wildman–Crippen MR) is 89.5 cm³/mol. The zero-order valence-electron chi connectivity index (χ0n) is 13.5. The van der Waals surface area contributed by atoms with E-state index in [0.717, 1.165) is 5.56 Å². The first-order valence-corrected chi connectivity index (χ1v) is 7.55. The molecule has 0 atom stereocenters. The minimum Gasteiger partial charge on any atom is -0.483 e. The number of carbonyl (C=O) groups excluding carboxylic acids is 1. The number of anilines is 1. The molecule has 0 radical (unpaired) electrons. The second-order valence-corrected chi connectivity index (χ2v) is 6.22. The summed E-state index contributed by atoms with van der Waals surface area (Å²) >= 11 is 5.86. The third-order valence-electron chi connectivity index (χ3n) is 3.46. The van der Waals surface area contributed by atoms with E-state index in [2.05, 4.69) is 10.4 Å². The second-order valence-electron chi connectivity index (χ2n) is 5.78. The Kier molecular flexibility index (Phi) is 5.14. The molecular formula is C16H18ClN3O4. The topological polar surface area (TPSA) is 93.5 Å². The molecule has 0 fully saturated rings. The Morgan fingerprint density at radius 1 is 1.42 bits per heavy atom. The van der Waals surface area contributed by atoms with E-state index in [0.29, 0.717) is 16.5 Å². The van der Waals surface area contributed by atoms with Crippen molar-refractivity contribution < 1.29 is 19.4 Å². The highest BCUT2D eigenvalue weighted by Crippen LogP contribution is 2.22. The highest BCUT2D eigenvalue weighted by Gasteiger charge is 2.30. The van der Waals surface area contributed by atoms with E-state index in [1.165, 1.54) is 30.9 Å². The van der Waals surface area contributed by atoms with Crippen molar-refractivity contribution in [3.8, 4) is 5.75 Å². The van der Waals surface area contributed by atoms with Crippen LogP contribution in [0, 0.1) is 6.92 Å².